The van der Waals surface area contributed by atoms with Gasteiger partial charge in [-0.25, -0.2) is 0 Å². The zero-order valence-corrected chi connectivity index (χ0v) is 17.6. The van der Waals surface area contributed by atoms with Crippen molar-refractivity contribution in [3.8, 4) is 11.4 Å². The fourth-order valence-electron chi connectivity index (χ4n) is 3.28. The summed E-state index contributed by atoms with van der Waals surface area (Å²) in [4.78, 5) is 13.5. The van der Waals surface area contributed by atoms with Crippen molar-refractivity contribution in [2.45, 2.75) is 26.2 Å². The van der Waals surface area contributed by atoms with E-state index in [1.165, 1.54) is 4.68 Å². The predicted molar refractivity (Wildman–Crippen MR) is 120 cm³/mol. The molecule has 0 aliphatic carbocycles. The highest BCUT2D eigenvalue weighted by Crippen LogP contribution is 2.30. The first-order valence-corrected chi connectivity index (χ1v) is 9.94. The molecule has 31 heavy (non-hydrogen) atoms. The number of furan rings is 1. The van der Waals surface area contributed by atoms with Gasteiger partial charge in [-0.3, -0.25) is 4.79 Å². The molecule has 4 aromatic rings. The van der Waals surface area contributed by atoms with Crippen molar-refractivity contribution in [1.82, 2.24) is 20.2 Å². The topological polar surface area (TPSA) is 85.8 Å². The van der Waals surface area contributed by atoms with Gasteiger partial charge in [-0.15, -0.1) is 5.10 Å². The molecular weight excluding hydrogens is 390 g/mol. The van der Waals surface area contributed by atoms with Crippen molar-refractivity contribution in [2.24, 2.45) is 0 Å². The lowest BCUT2D eigenvalue weighted by molar-refractivity contribution is -0.111. The standard InChI is InChI=1S/C24H23N5O2/c1-24(2,3)19-13-7-8-14-20(19)25-23(30)21(16-18-12-9-15-31-18)29-22(26-27-28-29)17-10-5-4-6-11-17/h4-16H,1-3H3,(H,25,30)/b21-16-. The molecule has 0 unspecified atom stereocenters. The van der Waals surface area contributed by atoms with Crippen LogP contribution in [0.25, 0.3) is 23.2 Å². The number of para-hydroxylation sites is 1. The minimum absolute atomic E-state index is 0.140. The summed E-state index contributed by atoms with van der Waals surface area (Å²) in [5.74, 6) is 0.624. The number of nitrogens with one attached hydrogen (secondary N) is 1. The molecule has 0 radical (unpaired) electrons. The Kier molecular flexibility index (Phi) is 5.49. The molecule has 0 spiro atoms. The van der Waals surface area contributed by atoms with Crippen LogP contribution >= 0.6 is 0 Å². The molecule has 0 atom stereocenters. The number of hydrogen-bond acceptors (Lipinski definition) is 5. The molecule has 2 aromatic carbocycles. The van der Waals surface area contributed by atoms with Gasteiger partial charge < -0.3 is 9.73 Å². The first kappa shape index (κ1) is 20.3. The zero-order valence-electron chi connectivity index (χ0n) is 17.6. The summed E-state index contributed by atoms with van der Waals surface area (Å²) in [6.45, 7) is 6.31. The zero-order chi connectivity index (χ0) is 21.8. The third-order valence-electron chi connectivity index (χ3n) is 4.77. The summed E-state index contributed by atoms with van der Waals surface area (Å²) >= 11 is 0. The van der Waals surface area contributed by atoms with E-state index in [4.69, 9.17) is 4.42 Å². The van der Waals surface area contributed by atoms with E-state index in [-0.39, 0.29) is 17.0 Å². The first-order chi connectivity index (χ1) is 14.9. The maximum atomic E-state index is 13.5. The molecule has 156 valence electrons. The normalized spacial score (nSPS) is 12.0. The largest absolute Gasteiger partial charge is 0.465 e. The number of aromatic nitrogens is 4. The molecule has 0 saturated heterocycles. The second-order valence-electron chi connectivity index (χ2n) is 8.08. The number of nitrogens with zero attached hydrogens (tertiary/aromatic N) is 4. The molecule has 1 amide bonds. The van der Waals surface area contributed by atoms with Gasteiger partial charge in [0.25, 0.3) is 5.91 Å². The summed E-state index contributed by atoms with van der Waals surface area (Å²) < 4.78 is 6.87. The van der Waals surface area contributed by atoms with E-state index in [1.54, 1.807) is 24.5 Å². The lowest BCUT2D eigenvalue weighted by atomic mass is 9.86. The maximum absolute atomic E-state index is 13.5. The quantitative estimate of drug-likeness (QED) is 0.472. The molecule has 0 aliphatic rings. The van der Waals surface area contributed by atoms with Crippen LogP contribution in [0.3, 0.4) is 0 Å². The van der Waals surface area contributed by atoms with Crippen LogP contribution in [-0.2, 0) is 10.2 Å². The van der Waals surface area contributed by atoms with Crippen molar-refractivity contribution in [3.05, 3.63) is 84.3 Å². The van der Waals surface area contributed by atoms with E-state index in [0.717, 1.165) is 16.8 Å². The Bertz CT molecular complexity index is 1200. The summed E-state index contributed by atoms with van der Waals surface area (Å²) in [6.07, 6.45) is 3.17. The molecule has 0 aliphatic heterocycles. The van der Waals surface area contributed by atoms with Gasteiger partial charge >= 0.3 is 0 Å². The van der Waals surface area contributed by atoms with Gasteiger partial charge in [0.15, 0.2) is 5.82 Å². The Morgan fingerprint density at radius 1 is 1.00 bits per heavy atom. The summed E-state index contributed by atoms with van der Waals surface area (Å²) in [7, 11) is 0. The van der Waals surface area contributed by atoms with Crippen molar-refractivity contribution in [3.63, 3.8) is 0 Å². The number of anilines is 1. The van der Waals surface area contributed by atoms with E-state index in [1.807, 2.05) is 54.6 Å². The molecule has 2 heterocycles. The molecule has 7 heteroatoms. The van der Waals surface area contributed by atoms with Crippen LogP contribution < -0.4 is 5.32 Å². The summed E-state index contributed by atoms with van der Waals surface area (Å²) in [5, 5.41) is 15.1. The van der Waals surface area contributed by atoms with Crippen LogP contribution in [-0.4, -0.2) is 26.1 Å². The first-order valence-electron chi connectivity index (χ1n) is 9.94. The van der Waals surface area contributed by atoms with Crippen LogP contribution in [0.1, 0.15) is 32.1 Å². The van der Waals surface area contributed by atoms with Gasteiger partial charge in [-0.2, -0.15) is 4.68 Å². The number of tetrazole rings is 1. The van der Waals surface area contributed by atoms with E-state index in [9.17, 15) is 4.79 Å². The molecule has 0 bridgehead atoms. The second-order valence-corrected chi connectivity index (χ2v) is 8.08. The average molecular weight is 413 g/mol. The molecule has 7 nitrogen and oxygen atoms in total. The fraction of sp³-hybridized carbons (Fsp3) is 0.167. The lowest BCUT2D eigenvalue weighted by Gasteiger charge is -2.23. The highest BCUT2D eigenvalue weighted by Gasteiger charge is 2.23. The minimum Gasteiger partial charge on any atom is -0.465 e. The van der Waals surface area contributed by atoms with Gasteiger partial charge in [0, 0.05) is 17.3 Å². The van der Waals surface area contributed by atoms with E-state index in [0.29, 0.717) is 11.6 Å². The van der Waals surface area contributed by atoms with Crippen molar-refractivity contribution >= 4 is 23.4 Å². The van der Waals surface area contributed by atoms with Gasteiger partial charge in [0.2, 0.25) is 0 Å². The highest BCUT2D eigenvalue weighted by atomic mass is 16.3. The molecule has 2 aromatic heterocycles. The molecule has 1 N–H and O–H groups in total. The van der Waals surface area contributed by atoms with E-state index < -0.39 is 0 Å². The number of benzene rings is 2. The second kappa shape index (κ2) is 8.39. The Balaban J connectivity index is 1.77. The smallest absolute Gasteiger partial charge is 0.274 e. The summed E-state index contributed by atoms with van der Waals surface area (Å²) in [6, 6.07) is 20.8. The number of amides is 1. The predicted octanol–water partition coefficient (Wildman–Crippen LogP) is 4.87. The van der Waals surface area contributed by atoms with Crippen molar-refractivity contribution in [1.29, 1.82) is 0 Å². The third-order valence-corrected chi connectivity index (χ3v) is 4.77. The van der Waals surface area contributed by atoms with Crippen LogP contribution in [0.5, 0.6) is 0 Å². The highest BCUT2D eigenvalue weighted by molar-refractivity contribution is 6.24. The van der Waals surface area contributed by atoms with E-state index in [2.05, 4.69) is 41.6 Å². The van der Waals surface area contributed by atoms with Gasteiger partial charge in [0.05, 0.1) is 6.26 Å². The SMILES string of the molecule is CC(C)(C)c1ccccc1NC(=O)/C(=C/c1ccco1)n1nnnc1-c1ccccc1. The van der Waals surface area contributed by atoms with E-state index >= 15 is 0 Å². The molecule has 0 fully saturated rings. The molecular formula is C24H23N5O2. The van der Waals surface area contributed by atoms with Crippen LogP contribution in [0.4, 0.5) is 5.69 Å². The summed E-state index contributed by atoms with van der Waals surface area (Å²) in [5.41, 5.74) is 2.65. The number of carbonyl (C=O) groups is 1. The fourth-order valence-corrected chi connectivity index (χ4v) is 3.28. The number of carbonyl (C=O) groups excluding carboxylic acids is 1. The monoisotopic (exact) mass is 413 g/mol. The Hall–Kier alpha value is -4.00. The van der Waals surface area contributed by atoms with Gasteiger partial charge in [-0.1, -0.05) is 69.3 Å². The molecule has 4 rings (SSSR count). The van der Waals surface area contributed by atoms with Crippen molar-refractivity contribution < 1.29 is 9.21 Å². The van der Waals surface area contributed by atoms with Crippen molar-refractivity contribution in [2.75, 3.05) is 5.32 Å². The number of hydrogen-bond donors (Lipinski definition) is 1. The average Bonchev–Trinajstić information content (AvgIpc) is 3.44. The Morgan fingerprint density at radius 3 is 2.45 bits per heavy atom. The number of rotatable bonds is 5. The van der Waals surface area contributed by atoms with Crippen LogP contribution in [0.2, 0.25) is 0 Å². The Morgan fingerprint density at radius 2 is 1.74 bits per heavy atom. The lowest BCUT2D eigenvalue weighted by Crippen LogP contribution is -2.22. The Labute approximate surface area is 180 Å². The molecule has 0 saturated carbocycles. The van der Waals surface area contributed by atoms with Gasteiger partial charge in [-0.05, 0) is 39.6 Å². The van der Waals surface area contributed by atoms with Crippen LogP contribution in [0, 0.1) is 0 Å². The van der Waals surface area contributed by atoms with Gasteiger partial charge in [0.1, 0.15) is 11.5 Å². The minimum atomic E-state index is -0.349. The third kappa shape index (κ3) is 4.45. The van der Waals surface area contributed by atoms with Crippen LogP contribution in [0.15, 0.2) is 77.4 Å². The maximum Gasteiger partial charge on any atom is 0.274 e.